The van der Waals surface area contributed by atoms with E-state index in [2.05, 4.69) is 9.97 Å². The van der Waals surface area contributed by atoms with Gasteiger partial charge >= 0.3 is 15.2 Å². The third kappa shape index (κ3) is 5.03. The van der Waals surface area contributed by atoms with Gasteiger partial charge in [-0.1, -0.05) is 24.3 Å². The molecule has 0 amide bonds. The van der Waals surface area contributed by atoms with E-state index in [9.17, 15) is 9.13 Å². The Bertz CT molecular complexity index is 1090. The molecule has 3 aromatic rings. The SMILES string of the molecule is COP(=O)(CCc1ccc2ccc3ccc(CCP(=O)(O)O)nc3c2n1)OC. The maximum absolute atomic E-state index is 12.2. The highest BCUT2D eigenvalue weighted by atomic mass is 31.2. The predicted octanol–water partition coefficient (Wildman–Crippen LogP) is 3.53. The van der Waals surface area contributed by atoms with Crippen LogP contribution in [0.25, 0.3) is 21.8 Å². The molecule has 2 aromatic heterocycles. The largest absolute Gasteiger partial charge is 0.330 e. The number of aromatic nitrogens is 2. The Morgan fingerprint density at radius 3 is 1.64 bits per heavy atom. The van der Waals surface area contributed by atoms with E-state index in [4.69, 9.17) is 18.8 Å². The maximum Gasteiger partial charge on any atom is 0.330 e. The van der Waals surface area contributed by atoms with Gasteiger partial charge < -0.3 is 18.8 Å². The topological polar surface area (TPSA) is 119 Å². The summed E-state index contributed by atoms with van der Waals surface area (Å²) in [7, 11) is -4.49. The Morgan fingerprint density at radius 1 is 0.786 bits per heavy atom. The van der Waals surface area contributed by atoms with E-state index in [1.165, 1.54) is 14.2 Å². The smallest absolute Gasteiger partial charge is 0.324 e. The molecule has 10 heteroatoms. The summed E-state index contributed by atoms with van der Waals surface area (Å²) in [6.45, 7) is 0. The van der Waals surface area contributed by atoms with Crippen molar-refractivity contribution in [2.24, 2.45) is 0 Å². The Kier molecular flexibility index (Phi) is 6.30. The average molecular weight is 424 g/mol. The van der Waals surface area contributed by atoms with Crippen LogP contribution in [0.5, 0.6) is 0 Å². The minimum Gasteiger partial charge on any atom is -0.324 e. The molecule has 0 aliphatic heterocycles. The van der Waals surface area contributed by atoms with Crippen LogP contribution in [0.2, 0.25) is 0 Å². The first-order valence-electron chi connectivity index (χ1n) is 8.66. The number of pyridine rings is 2. The first-order valence-corrected chi connectivity index (χ1v) is 12.2. The minimum absolute atomic E-state index is 0.182. The molecule has 28 heavy (non-hydrogen) atoms. The second-order valence-electron chi connectivity index (χ2n) is 6.40. The van der Waals surface area contributed by atoms with Crippen LogP contribution in [-0.2, 0) is 31.0 Å². The fourth-order valence-electron chi connectivity index (χ4n) is 2.90. The summed E-state index contributed by atoms with van der Waals surface area (Å²) < 4.78 is 33.3. The minimum atomic E-state index is -4.08. The molecule has 0 saturated carbocycles. The normalized spacial score (nSPS) is 12.7. The summed E-state index contributed by atoms with van der Waals surface area (Å²) in [5.41, 5.74) is 2.69. The highest BCUT2D eigenvalue weighted by Gasteiger charge is 2.21. The lowest BCUT2D eigenvalue weighted by molar-refractivity contribution is 0.276. The highest BCUT2D eigenvalue weighted by molar-refractivity contribution is 7.53. The molecule has 0 saturated heterocycles. The summed E-state index contributed by atoms with van der Waals surface area (Å²) in [5, 5.41) is 1.79. The lowest BCUT2D eigenvalue weighted by Crippen LogP contribution is -2.01. The van der Waals surface area contributed by atoms with E-state index in [0.29, 0.717) is 23.1 Å². The van der Waals surface area contributed by atoms with E-state index < -0.39 is 15.2 Å². The van der Waals surface area contributed by atoms with Crippen molar-refractivity contribution in [3.05, 3.63) is 47.8 Å². The number of benzene rings is 1. The van der Waals surface area contributed by atoms with Gasteiger partial charge in [-0.3, -0.25) is 19.1 Å². The average Bonchev–Trinajstić information content (AvgIpc) is 2.69. The van der Waals surface area contributed by atoms with E-state index >= 15 is 0 Å². The van der Waals surface area contributed by atoms with Crippen LogP contribution in [0.15, 0.2) is 36.4 Å². The van der Waals surface area contributed by atoms with Crippen molar-refractivity contribution in [2.75, 3.05) is 26.5 Å². The van der Waals surface area contributed by atoms with Crippen LogP contribution in [0.1, 0.15) is 11.4 Å². The van der Waals surface area contributed by atoms with Crippen molar-refractivity contribution >= 4 is 37.0 Å². The zero-order valence-corrected chi connectivity index (χ0v) is 17.4. The number of nitrogens with zero attached hydrogens (tertiary/aromatic N) is 2. The van der Waals surface area contributed by atoms with Gasteiger partial charge in [-0.05, 0) is 12.1 Å². The molecule has 0 aliphatic rings. The van der Waals surface area contributed by atoms with Gasteiger partial charge in [0.15, 0.2) is 0 Å². The van der Waals surface area contributed by atoms with Gasteiger partial charge in [0.05, 0.1) is 23.4 Å². The van der Waals surface area contributed by atoms with Crippen LogP contribution in [-0.4, -0.2) is 46.3 Å². The second-order valence-corrected chi connectivity index (χ2v) is 10.6. The summed E-state index contributed by atoms with van der Waals surface area (Å²) in [6, 6.07) is 11.3. The number of aryl methyl sites for hydroxylation is 2. The molecule has 150 valence electrons. The number of fused-ring (bicyclic) bond motifs is 3. The quantitative estimate of drug-likeness (QED) is 0.416. The van der Waals surface area contributed by atoms with Crippen molar-refractivity contribution in [1.82, 2.24) is 9.97 Å². The summed E-state index contributed by atoms with van der Waals surface area (Å²) in [6.07, 6.45) is 0.562. The van der Waals surface area contributed by atoms with Crippen molar-refractivity contribution in [2.45, 2.75) is 12.8 Å². The number of hydrogen-bond acceptors (Lipinski definition) is 6. The van der Waals surface area contributed by atoms with Crippen molar-refractivity contribution in [1.29, 1.82) is 0 Å². The summed E-state index contributed by atoms with van der Waals surface area (Å²) in [4.78, 5) is 27.4. The molecule has 0 atom stereocenters. The Morgan fingerprint density at radius 2 is 1.21 bits per heavy atom. The summed E-state index contributed by atoms with van der Waals surface area (Å²) >= 11 is 0. The van der Waals surface area contributed by atoms with Gasteiger partial charge in [-0.15, -0.1) is 0 Å². The first-order chi connectivity index (χ1) is 13.2. The molecule has 8 nitrogen and oxygen atoms in total. The first kappa shape index (κ1) is 21.1. The van der Waals surface area contributed by atoms with E-state index in [0.717, 1.165) is 16.5 Å². The zero-order valence-electron chi connectivity index (χ0n) is 15.6. The molecule has 2 N–H and O–H groups in total. The molecule has 0 aliphatic carbocycles. The van der Waals surface area contributed by atoms with Crippen molar-refractivity contribution in [3.8, 4) is 0 Å². The Labute approximate surface area is 162 Å². The van der Waals surface area contributed by atoms with Crippen LogP contribution in [0, 0.1) is 0 Å². The van der Waals surface area contributed by atoms with E-state index in [-0.39, 0.29) is 18.7 Å². The molecule has 0 unspecified atom stereocenters. The molecule has 0 spiro atoms. The molecule has 2 heterocycles. The van der Waals surface area contributed by atoms with E-state index in [1.54, 1.807) is 6.07 Å². The molecule has 0 bridgehead atoms. The fraction of sp³-hybridized carbons (Fsp3) is 0.333. The Hall–Kier alpha value is -1.66. The zero-order chi connectivity index (χ0) is 20.4. The van der Waals surface area contributed by atoms with Gasteiger partial charge in [0.1, 0.15) is 0 Å². The van der Waals surface area contributed by atoms with Gasteiger partial charge in [0.25, 0.3) is 0 Å². The second kappa shape index (κ2) is 8.37. The monoisotopic (exact) mass is 424 g/mol. The predicted molar refractivity (Wildman–Crippen MR) is 108 cm³/mol. The third-order valence-corrected chi connectivity index (χ3v) is 7.18. The van der Waals surface area contributed by atoms with Crippen molar-refractivity contribution < 1.29 is 28.0 Å². The lowest BCUT2D eigenvalue weighted by Gasteiger charge is -2.13. The molecular weight excluding hydrogens is 402 g/mol. The maximum atomic E-state index is 12.2. The van der Waals surface area contributed by atoms with E-state index in [1.807, 2.05) is 30.3 Å². The van der Waals surface area contributed by atoms with Gasteiger partial charge in [0, 0.05) is 49.2 Å². The van der Waals surface area contributed by atoms with Crippen LogP contribution >= 0.6 is 15.2 Å². The third-order valence-electron chi connectivity index (χ3n) is 4.49. The van der Waals surface area contributed by atoms with Gasteiger partial charge in [0.2, 0.25) is 0 Å². The van der Waals surface area contributed by atoms with Crippen LogP contribution in [0.4, 0.5) is 0 Å². The molecule has 0 radical (unpaired) electrons. The molecule has 3 rings (SSSR count). The Balaban J connectivity index is 1.96. The van der Waals surface area contributed by atoms with Gasteiger partial charge in [-0.25, -0.2) is 0 Å². The van der Waals surface area contributed by atoms with Crippen LogP contribution in [0.3, 0.4) is 0 Å². The number of rotatable bonds is 8. The molecule has 1 aromatic carbocycles. The number of hydrogen-bond donors (Lipinski definition) is 2. The lowest BCUT2D eigenvalue weighted by atomic mass is 10.1. The highest BCUT2D eigenvalue weighted by Crippen LogP contribution is 2.46. The fourth-order valence-corrected chi connectivity index (χ4v) is 4.43. The summed E-state index contributed by atoms with van der Waals surface area (Å²) in [5.74, 6) is 0. The molecule has 0 fully saturated rings. The van der Waals surface area contributed by atoms with Crippen LogP contribution < -0.4 is 0 Å². The van der Waals surface area contributed by atoms with Gasteiger partial charge in [-0.2, -0.15) is 0 Å². The van der Waals surface area contributed by atoms with Crippen molar-refractivity contribution in [3.63, 3.8) is 0 Å². The standard InChI is InChI=1S/C18H22N2O6P2/c1-25-28(24,26-2)12-10-16-8-6-14-4-3-13-5-7-15(9-11-27(21,22)23)19-17(13)18(14)20-16/h3-8H,9-12H2,1-2H3,(H2,21,22,23). The molecular formula is C18H22N2O6P2.